The van der Waals surface area contributed by atoms with Crippen LogP contribution >= 0.6 is 7.82 Å². The lowest BCUT2D eigenvalue weighted by Gasteiger charge is -2.28. The molecule has 0 heterocycles. The Bertz CT molecular complexity index is 1220. The number of allylic oxidation sites excluding steroid dienone is 5. The smallest absolute Gasteiger partial charge is 0.306 e. The number of aliphatic hydroxyl groups is 2. The first-order valence-electron chi connectivity index (χ1n) is 25.9. The summed E-state index contributed by atoms with van der Waals surface area (Å²) in [5.41, 5.74) is 0. The van der Waals surface area contributed by atoms with Gasteiger partial charge in [-0.3, -0.25) is 14.2 Å². The Morgan fingerprint density at radius 1 is 0.562 bits per heavy atom. The predicted molar refractivity (Wildman–Crippen MR) is 262 cm³/mol. The van der Waals surface area contributed by atoms with Crippen LogP contribution in [-0.4, -0.2) is 92.5 Å². The standard InChI is InChI=1S/C52H98NO10P/c1-6-8-10-12-14-16-18-20-21-22-23-24-25-26-27-28-30-32-34-36-38-42-51(56)60-46-48(47-62-64(58,59)61-45-44-53(3,4)5)63-52(57)43-39-41-50(55)49(54)40-37-35-33-31-29-19-17-15-13-11-9-7-2/h15,17,29,31,35,37,48-50,54-55H,6-14,16,18-28,30,32-34,36,38-47H2,1-5H3/b17-15-,31-29-,37-35-/t48-,49?,50?/m1/s1. The Hall–Kier alpha value is -1.85. The lowest BCUT2D eigenvalue weighted by Crippen LogP contribution is -2.37. The molecule has 0 aliphatic heterocycles. The van der Waals surface area contributed by atoms with E-state index in [1.165, 1.54) is 128 Å². The molecule has 12 heteroatoms. The summed E-state index contributed by atoms with van der Waals surface area (Å²) in [4.78, 5) is 37.8. The molecule has 0 aliphatic rings. The van der Waals surface area contributed by atoms with Crippen LogP contribution in [0.1, 0.15) is 219 Å². The van der Waals surface area contributed by atoms with E-state index in [4.69, 9.17) is 18.5 Å². The first kappa shape index (κ1) is 62.1. The number of quaternary nitrogens is 1. The van der Waals surface area contributed by atoms with Crippen molar-refractivity contribution in [1.29, 1.82) is 0 Å². The Kier molecular flexibility index (Phi) is 42.4. The van der Waals surface area contributed by atoms with Crippen molar-refractivity contribution in [3.63, 3.8) is 0 Å². The number of nitrogens with zero attached hydrogens (tertiary/aromatic N) is 1. The van der Waals surface area contributed by atoms with E-state index in [9.17, 15) is 29.3 Å². The van der Waals surface area contributed by atoms with Gasteiger partial charge in [0, 0.05) is 12.8 Å². The van der Waals surface area contributed by atoms with Crippen molar-refractivity contribution in [2.75, 3.05) is 47.5 Å². The molecule has 64 heavy (non-hydrogen) atoms. The predicted octanol–water partition coefficient (Wildman–Crippen LogP) is 12.6. The van der Waals surface area contributed by atoms with E-state index in [0.717, 1.165) is 38.5 Å². The van der Waals surface area contributed by atoms with Crippen molar-refractivity contribution in [2.45, 2.75) is 238 Å². The molecule has 0 rings (SSSR count). The van der Waals surface area contributed by atoms with Crippen molar-refractivity contribution in [2.24, 2.45) is 0 Å². The SMILES string of the molecule is CCCCC/C=C\C/C=C\C/C=C\CC(O)C(O)CCCC(=O)O[C@H](COC(=O)CCCCCCCCCCCCCCCCCCCCCCC)COP(=O)([O-])OCC[N+](C)(C)C. The molecule has 0 fully saturated rings. The zero-order valence-corrected chi connectivity index (χ0v) is 42.6. The number of phosphoric ester groups is 1. The molecular formula is C52H98NO10P. The van der Waals surface area contributed by atoms with Crippen LogP contribution in [0.5, 0.6) is 0 Å². The second-order valence-corrected chi connectivity index (χ2v) is 20.3. The highest BCUT2D eigenvalue weighted by molar-refractivity contribution is 7.45. The molecule has 0 amide bonds. The van der Waals surface area contributed by atoms with Crippen LogP contribution in [0.2, 0.25) is 0 Å². The van der Waals surface area contributed by atoms with Gasteiger partial charge in [-0.05, 0) is 51.4 Å². The van der Waals surface area contributed by atoms with Crippen LogP contribution in [0.4, 0.5) is 0 Å². The van der Waals surface area contributed by atoms with Crippen molar-refractivity contribution in [1.82, 2.24) is 0 Å². The van der Waals surface area contributed by atoms with Crippen molar-refractivity contribution < 1.29 is 52.3 Å². The van der Waals surface area contributed by atoms with Gasteiger partial charge < -0.3 is 38.1 Å². The Morgan fingerprint density at radius 2 is 1.02 bits per heavy atom. The fourth-order valence-electron chi connectivity index (χ4n) is 7.17. The minimum Gasteiger partial charge on any atom is -0.756 e. The maximum Gasteiger partial charge on any atom is 0.306 e. The van der Waals surface area contributed by atoms with E-state index in [-0.39, 0.29) is 45.3 Å². The monoisotopic (exact) mass is 928 g/mol. The lowest BCUT2D eigenvalue weighted by molar-refractivity contribution is -0.870. The number of aliphatic hydroxyl groups excluding tert-OH is 2. The fourth-order valence-corrected chi connectivity index (χ4v) is 7.90. The number of hydrogen-bond acceptors (Lipinski definition) is 10. The largest absolute Gasteiger partial charge is 0.756 e. The Balaban J connectivity index is 4.42. The maximum atomic E-state index is 12.8. The van der Waals surface area contributed by atoms with Gasteiger partial charge >= 0.3 is 11.9 Å². The second-order valence-electron chi connectivity index (χ2n) is 18.9. The van der Waals surface area contributed by atoms with Gasteiger partial charge in [0.2, 0.25) is 0 Å². The van der Waals surface area contributed by atoms with Crippen LogP contribution in [0.25, 0.3) is 0 Å². The number of rotatable bonds is 47. The topological polar surface area (TPSA) is 152 Å². The Morgan fingerprint density at radius 3 is 1.53 bits per heavy atom. The molecular weight excluding hydrogens is 830 g/mol. The highest BCUT2D eigenvalue weighted by Crippen LogP contribution is 2.38. The third-order valence-electron chi connectivity index (χ3n) is 11.4. The fraction of sp³-hybridized carbons (Fsp3) is 0.846. The van der Waals surface area contributed by atoms with Crippen LogP contribution < -0.4 is 4.89 Å². The molecule has 2 N–H and O–H groups in total. The summed E-state index contributed by atoms with van der Waals surface area (Å²) < 4.78 is 33.8. The summed E-state index contributed by atoms with van der Waals surface area (Å²) >= 11 is 0. The number of carbonyl (C=O) groups is 2. The Labute approximate surface area is 392 Å². The van der Waals surface area contributed by atoms with Crippen LogP contribution in [0, 0.1) is 0 Å². The lowest BCUT2D eigenvalue weighted by atomic mass is 10.0. The van der Waals surface area contributed by atoms with E-state index < -0.39 is 44.7 Å². The first-order valence-corrected chi connectivity index (χ1v) is 27.3. The molecule has 0 saturated carbocycles. The highest BCUT2D eigenvalue weighted by Gasteiger charge is 2.22. The molecule has 0 saturated heterocycles. The zero-order valence-electron chi connectivity index (χ0n) is 41.7. The molecule has 0 radical (unpaired) electrons. The summed E-state index contributed by atoms with van der Waals surface area (Å²) in [5, 5.41) is 20.8. The third kappa shape index (κ3) is 45.3. The van der Waals surface area contributed by atoms with Crippen molar-refractivity contribution >= 4 is 19.8 Å². The van der Waals surface area contributed by atoms with Crippen molar-refractivity contribution in [3.05, 3.63) is 36.5 Å². The number of hydrogen-bond donors (Lipinski definition) is 2. The van der Waals surface area contributed by atoms with Gasteiger partial charge in [-0.2, -0.15) is 0 Å². The maximum absolute atomic E-state index is 12.8. The summed E-state index contributed by atoms with van der Waals surface area (Å²) in [7, 11) is 0.995. The quantitative estimate of drug-likeness (QED) is 0.0198. The molecule has 0 aromatic carbocycles. The first-order chi connectivity index (χ1) is 30.8. The molecule has 0 aliphatic carbocycles. The normalized spacial score (nSPS) is 14.7. The van der Waals surface area contributed by atoms with Crippen LogP contribution in [0.3, 0.4) is 0 Å². The van der Waals surface area contributed by atoms with E-state index in [1.807, 2.05) is 33.3 Å². The number of carbonyl (C=O) groups excluding carboxylic acids is 2. The summed E-state index contributed by atoms with van der Waals surface area (Å²) in [5.74, 6) is -1.11. The third-order valence-corrected chi connectivity index (χ3v) is 12.3. The van der Waals surface area contributed by atoms with Crippen molar-refractivity contribution in [3.8, 4) is 0 Å². The summed E-state index contributed by atoms with van der Waals surface area (Å²) in [6.07, 6.45) is 43.4. The van der Waals surface area contributed by atoms with Gasteiger partial charge in [-0.15, -0.1) is 0 Å². The minimum absolute atomic E-state index is 0.0820. The van der Waals surface area contributed by atoms with Gasteiger partial charge in [0.25, 0.3) is 7.82 Å². The number of esters is 2. The molecule has 0 bridgehead atoms. The number of unbranched alkanes of at least 4 members (excludes halogenated alkanes) is 23. The molecule has 11 nitrogen and oxygen atoms in total. The molecule has 376 valence electrons. The minimum atomic E-state index is -4.71. The van der Waals surface area contributed by atoms with Gasteiger partial charge in [-0.1, -0.05) is 192 Å². The molecule has 0 spiro atoms. The zero-order chi connectivity index (χ0) is 47.4. The summed E-state index contributed by atoms with van der Waals surface area (Å²) in [6, 6.07) is 0. The van der Waals surface area contributed by atoms with Gasteiger partial charge in [0.1, 0.15) is 19.8 Å². The molecule has 0 aromatic heterocycles. The summed E-state index contributed by atoms with van der Waals surface area (Å²) in [6.45, 7) is 3.89. The van der Waals surface area contributed by atoms with E-state index in [2.05, 4.69) is 38.2 Å². The molecule has 4 atom stereocenters. The van der Waals surface area contributed by atoms with Gasteiger partial charge in [0.05, 0.1) is 40.0 Å². The van der Waals surface area contributed by atoms with E-state index in [1.54, 1.807) is 0 Å². The van der Waals surface area contributed by atoms with E-state index >= 15 is 0 Å². The highest BCUT2D eigenvalue weighted by atomic mass is 31.2. The van der Waals surface area contributed by atoms with Crippen LogP contribution in [0.15, 0.2) is 36.5 Å². The average molecular weight is 928 g/mol. The molecule has 3 unspecified atom stereocenters. The van der Waals surface area contributed by atoms with Gasteiger partial charge in [-0.25, -0.2) is 0 Å². The van der Waals surface area contributed by atoms with Crippen LogP contribution in [-0.2, 0) is 32.7 Å². The number of phosphoric acid groups is 1. The van der Waals surface area contributed by atoms with Gasteiger partial charge in [0.15, 0.2) is 6.10 Å². The second kappa shape index (κ2) is 43.7. The number of likely N-dealkylation sites (N-methyl/N-ethyl adjacent to an activating group) is 1. The number of ether oxygens (including phenoxy) is 2. The van der Waals surface area contributed by atoms with E-state index in [0.29, 0.717) is 17.4 Å². The average Bonchev–Trinajstić information content (AvgIpc) is 3.24. The molecule has 0 aromatic rings.